The number of pyridine rings is 1. The predicted molar refractivity (Wildman–Crippen MR) is 38.2 cm³/mol. The Morgan fingerprint density at radius 2 is 2.45 bits per heavy atom. The average Bonchev–Trinajstić information content (AvgIpc) is 2.04. The van der Waals surface area contributed by atoms with E-state index in [-0.39, 0.29) is 0 Å². The molecule has 0 spiro atoms. The molecule has 58 valence electrons. The van der Waals surface area contributed by atoms with Crippen LogP contribution in [0.4, 0.5) is 4.39 Å². The van der Waals surface area contributed by atoms with Crippen LogP contribution in [-0.2, 0) is 6.42 Å². The third-order valence-electron chi connectivity index (χ3n) is 1.20. The molecule has 0 atom stereocenters. The van der Waals surface area contributed by atoms with Crippen LogP contribution in [-0.4, -0.2) is 16.4 Å². The van der Waals surface area contributed by atoms with Gasteiger partial charge in [0.25, 0.3) is 0 Å². The number of rotatable bonds is 2. The highest BCUT2D eigenvalue weighted by Crippen LogP contribution is 1.97. The lowest BCUT2D eigenvalue weighted by Gasteiger charge is -1.92. The van der Waals surface area contributed by atoms with Crippen LogP contribution in [0.1, 0.15) is 5.56 Å². The Morgan fingerprint density at radius 3 is 3.00 bits per heavy atom. The van der Waals surface area contributed by atoms with Crippen molar-refractivity contribution in [3.05, 3.63) is 29.8 Å². The average molecular weight is 154 g/mol. The van der Waals surface area contributed by atoms with E-state index in [1.807, 2.05) is 0 Å². The SMILES string of the molecule is ON=CCc1ccc(F)nc1. The van der Waals surface area contributed by atoms with E-state index in [0.29, 0.717) is 6.42 Å². The van der Waals surface area contributed by atoms with Crippen molar-refractivity contribution < 1.29 is 9.60 Å². The van der Waals surface area contributed by atoms with E-state index in [2.05, 4.69) is 10.1 Å². The van der Waals surface area contributed by atoms with Gasteiger partial charge in [-0.2, -0.15) is 4.39 Å². The number of hydrogen-bond donors (Lipinski definition) is 1. The maximum absolute atomic E-state index is 12.2. The van der Waals surface area contributed by atoms with E-state index in [1.54, 1.807) is 6.07 Å². The van der Waals surface area contributed by atoms with Gasteiger partial charge in [0.1, 0.15) is 0 Å². The molecule has 1 heterocycles. The van der Waals surface area contributed by atoms with Gasteiger partial charge in [-0.3, -0.25) is 0 Å². The van der Waals surface area contributed by atoms with Gasteiger partial charge in [-0.25, -0.2) is 4.98 Å². The van der Waals surface area contributed by atoms with Crippen molar-refractivity contribution in [3.63, 3.8) is 0 Å². The first-order valence-corrected chi connectivity index (χ1v) is 3.09. The fourth-order valence-electron chi connectivity index (χ4n) is 0.673. The van der Waals surface area contributed by atoms with Gasteiger partial charge < -0.3 is 5.21 Å². The second kappa shape index (κ2) is 3.65. The Hall–Kier alpha value is -1.45. The summed E-state index contributed by atoms with van der Waals surface area (Å²) in [4.78, 5) is 3.42. The molecule has 0 radical (unpaired) electrons. The summed E-state index contributed by atoms with van der Waals surface area (Å²) in [7, 11) is 0. The van der Waals surface area contributed by atoms with E-state index in [4.69, 9.17) is 5.21 Å². The zero-order valence-electron chi connectivity index (χ0n) is 5.74. The molecule has 0 aliphatic rings. The van der Waals surface area contributed by atoms with Crippen molar-refractivity contribution in [2.24, 2.45) is 5.16 Å². The zero-order valence-corrected chi connectivity index (χ0v) is 5.74. The lowest BCUT2D eigenvalue weighted by molar-refractivity contribution is 0.321. The molecule has 0 amide bonds. The molecule has 0 bridgehead atoms. The molecule has 0 fully saturated rings. The van der Waals surface area contributed by atoms with Gasteiger partial charge in [0.05, 0.1) is 0 Å². The summed E-state index contributed by atoms with van der Waals surface area (Å²) in [6, 6.07) is 2.85. The van der Waals surface area contributed by atoms with Gasteiger partial charge in [-0.15, -0.1) is 5.16 Å². The lowest BCUT2D eigenvalue weighted by atomic mass is 10.2. The highest BCUT2D eigenvalue weighted by atomic mass is 19.1. The topological polar surface area (TPSA) is 45.5 Å². The predicted octanol–water partition coefficient (Wildman–Crippen LogP) is 1.22. The number of hydrogen-bond acceptors (Lipinski definition) is 3. The van der Waals surface area contributed by atoms with Gasteiger partial charge in [0.15, 0.2) is 0 Å². The minimum Gasteiger partial charge on any atom is -0.411 e. The molecule has 0 saturated heterocycles. The molecule has 3 nitrogen and oxygen atoms in total. The quantitative estimate of drug-likeness (QED) is 0.301. The minimum absolute atomic E-state index is 0.462. The molecule has 1 aromatic rings. The number of oxime groups is 1. The van der Waals surface area contributed by atoms with Gasteiger partial charge in [-0.1, -0.05) is 6.07 Å². The van der Waals surface area contributed by atoms with Gasteiger partial charge in [0, 0.05) is 18.8 Å². The molecule has 4 heteroatoms. The molecule has 1 N–H and O–H groups in total. The van der Waals surface area contributed by atoms with Crippen molar-refractivity contribution in [2.45, 2.75) is 6.42 Å². The van der Waals surface area contributed by atoms with Crippen molar-refractivity contribution in [1.82, 2.24) is 4.98 Å². The maximum atomic E-state index is 12.2. The third kappa shape index (κ3) is 2.33. The van der Waals surface area contributed by atoms with Crippen LogP contribution in [0.5, 0.6) is 0 Å². The smallest absolute Gasteiger partial charge is 0.212 e. The molecule has 0 saturated carbocycles. The van der Waals surface area contributed by atoms with Crippen LogP contribution in [0.15, 0.2) is 23.5 Å². The fourth-order valence-corrected chi connectivity index (χ4v) is 0.673. The Labute approximate surface area is 63.2 Å². The Morgan fingerprint density at radius 1 is 1.64 bits per heavy atom. The summed E-state index contributed by atoms with van der Waals surface area (Å²) in [5.74, 6) is -0.505. The number of aromatic nitrogens is 1. The van der Waals surface area contributed by atoms with Crippen LogP contribution >= 0.6 is 0 Å². The van der Waals surface area contributed by atoms with Gasteiger partial charge in [0.2, 0.25) is 5.95 Å². The molecular weight excluding hydrogens is 147 g/mol. The largest absolute Gasteiger partial charge is 0.411 e. The van der Waals surface area contributed by atoms with Gasteiger partial charge >= 0.3 is 0 Å². The van der Waals surface area contributed by atoms with E-state index in [0.717, 1.165) is 5.56 Å². The fraction of sp³-hybridized carbons (Fsp3) is 0.143. The van der Waals surface area contributed by atoms with E-state index < -0.39 is 5.95 Å². The molecular formula is C7H7FN2O. The summed E-state index contributed by atoms with van der Waals surface area (Å²) < 4.78 is 12.2. The second-order valence-electron chi connectivity index (χ2n) is 1.99. The maximum Gasteiger partial charge on any atom is 0.212 e. The summed E-state index contributed by atoms with van der Waals surface area (Å²) in [5, 5.41) is 10.9. The van der Waals surface area contributed by atoms with Crippen molar-refractivity contribution in [2.75, 3.05) is 0 Å². The van der Waals surface area contributed by atoms with Crippen LogP contribution in [0.3, 0.4) is 0 Å². The first kappa shape index (κ1) is 7.65. The third-order valence-corrected chi connectivity index (χ3v) is 1.20. The first-order chi connectivity index (χ1) is 5.33. The summed E-state index contributed by atoms with van der Waals surface area (Å²) in [6.07, 6.45) is 3.18. The number of halogens is 1. The molecule has 11 heavy (non-hydrogen) atoms. The van der Waals surface area contributed by atoms with Crippen molar-refractivity contribution in [1.29, 1.82) is 0 Å². The molecule has 0 aliphatic carbocycles. The molecule has 1 aromatic heterocycles. The second-order valence-corrected chi connectivity index (χ2v) is 1.99. The van der Waals surface area contributed by atoms with Crippen LogP contribution in [0.25, 0.3) is 0 Å². The normalized spacial score (nSPS) is 10.6. The molecule has 0 aliphatic heterocycles. The first-order valence-electron chi connectivity index (χ1n) is 3.09. The highest BCUT2D eigenvalue weighted by molar-refractivity contribution is 5.60. The standard InChI is InChI=1S/C7H7FN2O/c8-7-2-1-6(5-9-7)3-4-10-11/h1-2,4-5,11H,3H2. The van der Waals surface area contributed by atoms with Crippen LogP contribution in [0, 0.1) is 5.95 Å². The molecule has 0 aromatic carbocycles. The Kier molecular flexibility index (Phi) is 2.54. The zero-order chi connectivity index (χ0) is 8.10. The summed E-state index contributed by atoms with van der Waals surface area (Å²) in [6.45, 7) is 0. The minimum atomic E-state index is -0.505. The van der Waals surface area contributed by atoms with E-state index in [1.165, 1.54) is 18.5 Å². The Balaban J connectivity index is 2.66. The monoisotopic (exact) mass is 154 g/mol. The van der Waals surface area contributed by atoms with Gasteiger partial charge in [-0.05, 0) is 11.6 Å². The molecule has 1 rings (SSSR count). The van der Waals surface area contributed by atoms with Crippen LogP contribution < -0.4 is 0 Å². The molecule has 0 unspecified atom stereocenters. The van der Waals surface area contributed by atoms with Crippen molar-refractivity contribution >= 4 is 6.21 Å². The highest BCUT2D eigenvalue weighted by Gasteiger charge is 1.91. The number of nitrogens with zero attached hydrogens (tertiary/aromatic N) is 2. The lowest BCUT2D eigenvalue weighted by Crippen LogP contribution is -1.88. The summed E-state index contributed by atoms with van der Waals surface area (Å²) >= 11 is 0. The van der Waals surface area contributed by atoms with E-state index in [9.17, 15) is 4.39 Å². The van der Waals surface area contributed by atoms with Crippen LogP contribution in [0.2, 0.25) is 0 Å². The van der Waals surface area contributed by atoms with Crippen molar-refractivity contribution in [3.8, 4) is 0 Å². The Bertz CT molecular complexity index is 245. The summed E-state index contributed by atoms with van der Waals surface area (Å²) in [5.41, 5.74) is 0.809. The van der Waals surface area contributed by atoms with E-state index >= 15 is 0 Å².